The third-order valence-corrected chi connectivity index (χ3v) is 6.71. The van der Waals surface area contributed by atoms with Gasteiger partial charge in [-0.15, -0.1) is 0 Å². The van der Waals surface area contributed by atoms with E-state index in [1.54, 1.807) is 30.0 Å². The molecule has 1 fully saturated rings. The summed E-state index contributed by atoms with van der Waals surface area (Å²) in [5, 5.41) is 7.03. The van der Waals surface area contributed by atoms with Gasteiger partial charge in [-0.1, -0.05) is 5.16 Å². The molecular weight excluding hydrogens is 384 g/mol. The Morgan fingerprint density at radius 2 is 2.04 bits per heavy atom. The lowest BCUT2D eigenvalue weighted by molar-refractivity contribution is 0.0637. The van der Waals surface area contributed by atoms with E-state index in [9.17, 15) is 13.2 Å². The van der Waals surface area contributed by atoms with Crippen LogP contribution in [0.5, 0.6) is 5.75 Å². The first-order valence-corrected chi connectivity index (χ1v) is 10.6. The number of rotatable bonds is 3. The molecule has 3 heterocycles. The molecule has 4 rings (SSSR count). The number of methoxy groups -OCH3 is 1. The van der Waals surface area contributed by atoms with Gasteiger partial charge in [0.25, 0.3) is 5.91 Å². The molecule has 28 heavy (non-hydrogen) atoms. The third kappa shape index (κ3) is 3.45. The third-order valence-electron chi connectivity index (χ3n) is 5.21. The van der Waals surface area contributed by atoms with Gasteiger partial charge >= 0.3 is 0 Å². The van der Waals surface area contributed by atoms with Crippen LogP contribution in [0, 0.1) is 12.8 Å². The molecule has 2 aliphatic heterocycles. The number of fused-ring (bicyclic) bond motifs is 1. The minimum Gasteiger partial charge on any atom is -0.497 e. The molecule has 9 nitrogen and oxygen atoms in total. The largest absolute Gasteiger partial charge is 0.497 e. The average Bonchev–Trinajstić information content (AvgIpc) is 3.12. The fourth-order valence-corrected chi connectivity index (χ4v) is 5.05. The van der Waals surface area contributed by atoms with Crippen molar-refractivity contribution in [2.45, 2.75) is 30.8 Å². The van der Waals surface area contributed by atoms with E-state index in [-0.39, 0.29) is 22.5 Å². The summed E-state index contributed by atoms with van der Waals surface area (Å²) in [6, 6.07) is 6.46. The Morgan fingerprint density at radius 1 is 1.29 bits per heavy atom. The maximum Gasteiger partial charge on any atom is 0.292 e. The van der Waals surface area contributed by atoms with Crippen LogP contribution in [0.4, 0.5) is 5.69 Å². The smallest absolute Gasteiger partial charge is 0.292 e. The number of aryl methyl sites for hydroxylation is 1. The van der Waals surface area contributed by atoms with Crippen molar-refractivity contribution in [1.29, 1.82) is 0 Å². The van der Waals surface area contributed by atoms with Crippen molar-refractivity contribution in [3.63, 3.8) is 0 Å². The number of nitrogens with one attached hydrogen (secondary N) is 2. The summed E-state index contributed by atoms with van der Waals surface area (Å²) < 4.78 is 38.2. The first-order valence-electron chi connectivity index (χ1n) is 9.07. The van der Waals surface area contributed by atoms with Gasteiger partial charge in [0, 0.05) is 25.2 Å². The number of carbonyl (C=O) groups is 1. The van der Waals surface area contributed by atoms with Gasteiger partial charge in [0.15, 0.2) is 0 Å². The number of aromatic nitrogens is 1. The molecule has 0 bridgehead atoms. The lowest BCUT2D eigenvalue weighted by Gasteiger charge is -2.38. The van der Waals surface area contributed by atoms with Crippen LogP contribution in [0.1, 0.15) is 29.1 Å². The zero-order valence-corrected chi connectivity index (χ0v) is 16.5. The van der Waals surface area contributed by atoms with Gasteiger partial charge in [0.05, 0.1) is 24.7 Å². The van der Waals surface area contributed by atoms with E-state index in [1.807, 2.05) is 0 Å². The Labute approximate surface area is 163 Å². The molecular formula is C18H22N4O5S. The SMILES string of the molecule is COc1ccc2c(c1)NC(C1CCN(C(=O)c3cc(C)no3)CC1)NS2(=O)=O. The van der Waals surface area contributed by atoms with E-state index in [2.05, 4.69) is 15.2 Å². The average molecular weight is 406 g/mol. The van der Waals surface area contributed by atoms with E-state index in [0.717, 1.165) is 0 Å². The van der Waals surface area contributed by atoms with Crippen LogP contribution in [0.2, 0.25) is 0 Å². The lowest BCUT2D eigenvalue weighted by Crippen LogP contribution is -2.52. The highest BCUT2D eigenvalue weighted by molar-refractivity contribution is 7.89. The second-order valence-corrected chi connectivity index (χ2v) is 8.75. The van der Waals surface area contributed by atoms with Crippen LogP contribution in [0.3, 0.4) is 0 Å². The van der Waals surface area contributed by atoms with Crippen molar-refractivity contribution in [3.8, 4) is 5.75 Å². The van der Waals surface area contributed by atoms with Gasteiger partial charge in [0.2, 0.25) is 15.8 Å². The molecule has 0 spiro atoms. The number of sulfonamides is 1. The van der Waals surface area contributed by atoms with Gasteiger partial charge in [-0.2, -0.15) is 4.72 Å². The molecule has 1 saturated heterocycles. The van der Waals surface area contributed by atoms with Crippen molar-refractivity contribution in [3.05, 3.63) is 35.7 Å². The molecule has 10 heteroatoms. The van der Waals surface area contributed by atoms with E-state index < -0.39 is 16.2 Å². The zero-order chi connectivity index (χ0) is 19.9. The van der Waals surface area contributed by atoms with Crippen LogP contribution in [-0.4, -0.2) is 50.7 Å². The van der Waals surface area contributed by atoms with E-state index in [1.165, 1.54) is 13.2 Å². The number of amides is 1. The highest BCUT2D eigenvalue weighted by Crippen LogP contribution is 2.33. The van der Waals surface area contributed by atoms with Crippen molar-refractivity contribution in [1.82, 2.24) is 14.8 Å². The summed E-state index contributed by atoms with van der Waals surface area (Å²) in [6.07, 6.45) is 0.894. The summed E-state index contributed by atoms with van der Waals surface area (Å²) in [6.45, 7) is 2.81. The highest BCUT2D eigenvalue weighted by Gasteiger charge is 2.36. The predicted molar refractivity (Wildman–Crippen MR) is 101 cm³/mol. The van der Waals surface area contributed by atoms with E-state index in [0.29, 0.717) is 43.1 Å². The first-order chi connectivity index (χ1) is 13.4. The molecule has 0 saturated carbocycles. The summed E-state index contributed by atoms with van der Waals surface area (Å²) in [5.74, 6) is 0.680. The van der Waals surface area contributed by atoms with Crippen LogP contribution < -0.4 is 14.8 Å². The molecule has 2 N–H and O–H groups in total. The molecule has 1 aromatic heterocycles. The molecule has 1 amide bonds. The number of benzene rings is 1. The summed E-state index contributed by atoms with van der Waals surface area (Å²) in [5.41, 5.74) is 1.19. The molecule has 0 aliphatic carbocycles. The monoisotopic (exact) mass is 406 g/mol. The molecule has 1 unspecified atom stereocenters. The minimum absolute atomic E-state index is 0.0506. The topological polar surface area (TPSA) is 114 Å². The van der Waals surface area contributed by atoms with Crippen molar-refractivity contribution in [2.75, 3.05) is 25.5 Å². The molecule has 150 valence electrons. The molecule has 1 atom stereocenters. The molecule has 2 aliphatic rings. The second-order valence-electron chi connectivity index (χ2n) is 7.07. The van der Waals surface area contributed by atoms with Crippen molar-refractivity contribution < 1.29 is 22.5 Å². The minimum atomic E-state index is -3.61. The van der Waals surface area contributed by atoms with E-state index in [4.69, 9.17) is 9.26 Å². The Kier molecular flexibility index (Phi) is 4.76. The fourth-order valence-electron chi connectivity index (χ4n) is 3.68. The number of piperidine rings is 1. The quantitative estimate of drug-likeness (QED) is 0.795. The summed E-state index contributed by atoms with van der Waals surface area (Å²) >= 11 is 0. The van der Waals surface area contributed by atoms with Crippen LogP contribution in [0.15, 0.2) is 33.7 Å². The maximum atomic E-state index is 12.6. The number of nitrogens with zero attached hydrogens (tertiary/aromatic N) is 2. The number of carbonyl (C=O) groups excluding carboxylic acids is 1. The standard InChI is InChI=1S/C18H22N4O5S/c1-11-9-15(27-20-11)18(23)22-7-5-12(6-8-22)17-19-14-10-13(26-2)3-4-16(14)28(24,25)21-17/h3-4,9-10,12,17,19,21H,5-8H2,1-2H3. The normalized spacial score (nSPS) is 21.6. The van der Waals surface area contributed by atoms with Gasteiger partial charge in [0.1, 0.15) is 10.6 Å². The summed E-state index contributed by atoms with van der Waals surface area (Å²) in [7, 11) is -2.07. The van der Waals surface area contributed by atoms with Crippen LogP contribution >= 0.6 is 0 Å². The van der Waals surface area contributed by atoms with Gasteiger partial charge in [-0.25, -0.2) is 8.42 Å². The Morgan fingerprint density at radius 3 is 2.68 bits per heavy atom. The van der Waals surface area contributed by atoms with Gasteiger partial charge in [-0.3, -0.25) is 4.79 Å². The van der Waals surface area contributed by atoms with Gasteiger partial charge < -0.3 is 19.5 Å². The zero-order valence-electron chi connectivity index (χ0n) is 15.6. The van der Waals surface area contributed by atoms with Crippen molar-refractivity contribution >= 4 is 21.6 Å². The Bertz CT molecular complexity index is 995. The Balaban J connectivity index is 1.45. The van der Waals surface area contributed by atoms with Crippen molar-refractivity contribution in [2.24, 2.45) is 5.92 Å². The fraction of sp³-hybridized carbons (Fsp3) is 0.444. The second kappa shape index (κ2) is 7.10. The van der Waals surface area contributed by atoms with Gasteiger partial charge in [-0.05, 0) is 37.8 Å². The van der Waals surface area contributed by atoms with E-state index >= 15 is 0 Å². The number of anilines is 1. The lowest BCUT2D eigenvalue weighted by atomic mass is 9.93. The highest BCUT2D eigenvalue weighted by atomic mass is 32.2. The Hall–Kier alpha value is -2.59. The first kappa shape index (κ1) is 18.8. The molecule has 0 radical (unpaired) electrons. The summed E-state index contributed by atoms with van der Waals surface area (Å²) in [4.78, 5) is 14.4. The predicted octanol–water partition coefficient (Wildman–Crippen LogP) is 1.57. The molecule has 1 aromatic carbocycles. The van der Waals surface area contributed by atoms with Crippen LogP contribution in [-0.2, 0) is 10.0 Å². The van der Waals surface area contributed by atoms with Crippen LogP contribution in [0.25, 0.3) is 0 Å². The molecule has 2 aromatic rings. The maximum absolute atomic E-state index is 12.6. The number of ether oxygens (including phenoxy) is 1. The number of hydrogen-bond acceptors (Lipinski definition) is 7. The number of hydrogen-bond donors (Lipinski definition) is 2. The number of likely N-dealkylation sites (tertiary alicyclic amines) is 1.